The summed E-state index contributed by atoms with van der Waals surface area (Å²) in [6, 6.07) is 4.11. The summed E-state index contributed by atoms with van der Waals surface area (Å²) in [5.74, 6) is 0.0564. The van der Waals surface area contributed by atoms with E-state index >= 15 is 0 Å². The van der Waals surface area contributed by atoms with Crippen molar-refractivity contribution in [1.29, 1.82) is 0 Å². The SMILES string of the molecule is CCCCCCCCCCCCCCCCCCc1cc(O)ccc1OS(=O)(=O)[O-].[K+]. The van der Waals surface area contributed by atoms with Crippen LogP contribution in [-0.4, -0.2) is 18.1 Å². The molecule has 0 bridgehead atoms. The minimum Gasteiger partial charge on any atom is -0.716 e. The van der Waals surface area contributed by atoms with Crippen LogP contribution in [0.2, 0.25) is 0 Å². The summed E-state index contributed by atoms with van der Waals surface area (Å²) in [7, 11) is -4.81. The van der Waals surface area contributed by atoms with Crippen molar-refractivity contribution in [3.63, 3.8) is 0 Å². The summed E-state index contributed by atoms with van der Waals surface area (Å²) in [5.41, 5.74) is 0.555. The van der Waals surface area contributed by atoms with Crippen LogP contribution < -0.4 is 55.6 Å². The number of aromatic hydroxyl groups is 1. The molecule has 0 radical (unpaired) electrons. The van der Waals surface area contributed by atoms with E-state index in [1.807, 2.05) is 0 Å². The van der Waals surface area contributed by atoms with Crippen molar-refractivity contribution in [2.45, 2.75) is 116 Å². The maximum absolute atomic E-state index is 10.8. The van der Waals surface area contributed by atoms with E-state index in [4.69, 9.17) is 0 Å². The second-order valence-electron chi connectivity index (χ2n) is 8.34. The van der Waals surface area contributed by atoms with Gasteiger partial charge in [-0.1, -0.05) is 103 Å². The number of phenolic OH excluding ortho intramolecular Hbond substituents is 1. The van der Waals surface area contributed by atoms with Gasteiger partial charge in [-0.3, -0.25) is 0 Å². The molecule has 0 amide bonds. The van der Waals surface area contributed by atoms with Crippen LogP contribution in [0.1, 0.15) is 115 Å². The average Bonchev–Trinajstić information content (AvgIpc) is 2.68. The third-order valence-corrected chi connectivity index (χ3v) is 5.92. The molecule has 1 aromatic rings. The Bertz CT molecular complexity index is 664. The predicted molar refractivity (Wildman–Crippen MR) is 122 cm³/mol. The van der Waals surface area contributed by atoms with Gasteiger partial charge in [0, 0.05) is 0 Å². The van der Waals surface area contributed by atoms with Crippen molar-refractivity contribution >= 4 is 10.4 Å². The smallest absolute Gasteiger partial charge is 0.716 e. The molecule has 7 heteroatoms. The Morgan fingerprint density at radius 1 is 0.774 bits per heavy atom. The van der Waals surface area contributed by atoms with Crippen LogP contribution in [0.15, 0.2) is 18.2 Å². The number of aryl methyl sites for hydroxylation is 1. The first kappa shape index (κ1) is 31.4. The predicted octanol–water partition coefficient (Wildman–Crippen LogP) is 4.04. The van der Waals surface area contributed by atoms with Gasteiger partial charge in [-0.05, 0) is 36.6 Å². The maximum atomic E-state index is 10.8. The first-order valence-corrected chi connectivity index (χ1v) is 13.2. The molecule has 0 saturated heterocycles. The van der Waals surface area contributed by atoms with Crippen molar-refractivity contribution in [2.24, 2.45) is 0 Å². The van der Waals surface area contributed by atoms with Crippen LogP contribution in [0.3, 0.4) is 0 Å². The van der Waals surface area contributed by atoms with Gasteiger partial charge >= 0.3 is 51.4 Å². The Kier molecular flexibility index (Phi) is 20.0. The van der Waals surface area contributed by atoms with Crippen LogP contribution >= 0.6 is 0 Å². The van der Waals surface area contributed by atoms with E-state index in [2.05, 4.69) is 11.1 Å². The molecule has 31 heavy (non-hydrogen) atoms. The number of rotatable bonds is 19. The van der Waals surface area contributed by atoms with Gasteiger partial charge in [0.15, 0.2) is 0 Å². The molecule has 0 aliphatic heterocycles. The number of benzene rings is 1. The Balaban J connectivity index is 0.00000900. The topological polar surface area (TPSA) is 86.7 Å². The Hall–Kier alpha value is 0.366. The molecule has 0 heterocycles. The molecular weight excluding hydrogens is 439 g/mol. The molecule has 1 aromatic carbocycles. The Morgan fingerprint density at radius 2 is 1.19 bits per heavy atom. The molecule has 1 rings (SSSR count). The van der Waals surface area contributed by atoms with Gasteiger partial charge in [0.1, 0.15) is 11.5 Å². The number of phenols is 1. The van der Waals surface area contributed by atoms with E-state index in [1.165, 1.54) is 102 Å². The Labute approximate surface area is 233 Å². The van der Waals surface area contributed by atoms with Crippen LogP contribution in [-0.2, 0) is 16.8 Å². The summed E-state index contributed by atoms with van der Waals surface area (Å²) >= 11 is 0. The largest absolute Gasteiger partial charge is 1.00 e. The minimum absolute atomic E-state index is 0. The van der Waals surface area contributed by atoms with Crippen LogP contribution in [0.25, 0.3) is 0 Å². The van der Waals surface area contributed by atoms with E-state index in [-0.39, 0.29) is 62.9 Å². The molecule has 1 N–H and O–H groups in total. The van der Waals surface area contributed by atoms with Gasteiger partial charge in [0.2, 0.25) is 0 Å². The van der Waals surface area contributed by atoms with Crippen molar-refractivity contribution in [3.05, 3.63) is 23.8 Å². The normalized spacial score (nSPS) is 11.3. The van der Waals surface area contributed by atoms with E-state index < -0.39 is 10.4 Å². The summed E-state index contributed by atoms with van der Waals surface area (Å²) in [6.45, 7) is 2.26. The van der Waals surface area contributed by atoms with E-state index in [9.17, 15) is 18.1 Å². The number of unbranched alkanes of at least 4 members (excludes halogenated alkanes) is 15. The van der Waals surface area contributed by atoms with E-state index in [0.29, 0.717) is 12.0 Å². The third kappa shape index (κ3) is 18.5. The molecule has 0 aliphatic carbocycles. The summed E-state index contributed by atoms with van der Waals surface area (Å²) in [6.07, 6.45) is 21.2. The zero-order valence-electron chi connectivity index (χ0n) is 19.7. The zero-order chi connectivity index (χ0) is 22.1. The molecular formula is C24H41KO5S. The maximum Gasteiger partial charge on any atom is 1.00 e. The number of hydrogen-bond donors (Lipinski definition) is 1. The molecule has 174 valence electrons. The Morgan fingerprint density at radius 3 is 1.61 bits per heavy atom. The van der Waals surface area contributed by atoms with Crippen molar-refractivity contribution in [3.8, 4) is 11.5 Å². The van der Waals surface area contributed by atoms with Gasteiger partial charge in [-0.25, -0.2) is 8.42 Å². The molecule has 0 unspecified atom stereocenters. The van der Waals surface area contributed by atoms with Crippen LogP contribution in [0.4, 0.5) is 0 Å². The van der Waals surface area contributed by atoms with Crippen molar-refractivity contribution in [1.82, 2.24) is 0 Å². The van der Waals surface area contributed by atoms with Gasteiger partial charge in [-0.2, -0.15) is 0 Å². The van der Waals surface area contributed by atoms with E-state index in [0.717, 1.165) is 19.3 Å². The van der Waals surface area contributed by atoms with Gasteiger partial charge < -0.3 is 13.8 Å². The quantitative estimate of drug-likeness (QED) is 0.140. The average molecular weight is 481 g/mol. The first-order valence-electron chi connectivity index (χ1n) is 11.9. The zero-order valence-corrected chi connectivity index (χ0v) is 23.7. The monoisotopic (exact) mass is 480 g/mol. The molecule has 0 aromatic heterocycles. The number of hydrogen-bond acceptors (Lipinski definition) is 5. The molecule has 5 nitrogen and oxygen atoms in total. The molecule has 0 atom stereocenters. The summed E-state index contributed by atoms with van der Waals surface area (Å²) in [5, 5.41) is 9.59. The first-order chi connectivity index (χ1) is 14.4. The van der Waals surface area contributed by atoms with Crippen molar-refractivity contribution < 1.29 is 73.6 Å². The second-order valence-corrected chi connectivity index (χ2v) is 9.32. The van der Waals surface area contributed by atoms with Crippen LogP contribution in [0.5, 0.6) is 11.5 Å². The molecule has 0 saturated carbocycles. The van der Waals surface area contributed by atoms with Crippen molar-refractivity contribution in [2.75, 3.05) is 0 Å². The molecule has 0 spiro atoms. The standard InChI is InChI=1S/C24H42O5S.K/c1-2-3-4-5-6-7-8-9-10-11-12-13-14-15-16-17-18-22-21-23(25)19-20-24(22)29-30(26,27)28;/h19-21,25H,2-18H2,1H3,(H,26,27,28);/q;+1/p-1. The van der Waals surface area contributed by atoms with Gasteiger partial charge in [0.05, 0.1) is 0 Å². The van der Waals surface area contributed by atoms with E-state index in [1.54, 1.807) is 0 Å². The van der Waals surface area contributed by atoms with Gasteiger partial charge in [0.25, 0.3) is 10.4 Å². The molecule has 0 aliphatic rings. The fourth-order valence-corrected chi connectivity index (χ4v) is 4.20. The summed E-state index contributed by atoms with van der Waals surface area (Å²) < 4.78 is 36.9. The van der Waals surface area contributed by atoms with Gasteiger partial charge in [-0.15, -0.1) is 0 Å². The second kappa shape index (κ2) is 19.8. The fourth-order valence-electron chi connectivity index (χ4n) is 3.82. The minimum atomic E-state index is -4.81. The molecule has 0 fully saturated rings. The van der Waals surface area contributed by atoms with Crippen LogP contribution in [0, 0.1) is 0 Å². The fraction of sp³-hybridized carbons (Fsp3) is 0.750. The third-order valence-electron chi connectivity index (χ3n) is 5.54. The summed E-state index contributed by atoms with van der Waals surface area (Å²) in [4.78, 5) is 0.